The van der Waals surface area contributed by atoms with Gasteiger partial charge in [0.1, 0.15) is 0 Å². The van der Waals surface area contributed by atoms with Crippen molar-refractivity contribution in [3.63, 3.8) is 0 Å². The molecule has 0 aliphatic heterocycles. The second-order valence-corrected chi connectivity index (χ2v) is 6.80. The van der Waals surface area contributed by atoms with Gasteiger partial charge in [-0.1, -0.05) is 6.58 Å². The number of carbonyl (C=O) groups is 1. The number of alkyl halides is 18. The van der Waals surface area contributed by atoms with Crippen molar-refractivity contribution in [3.8, 4) is 0 Å². The zero-order chi connectivity index (χ0) is 28.9. The Hall–Kier alpha value is -2.05. The molecule has 35 heavy (non-hydrogen) atoms. The molecule has 0 aromatic carbocycles. The molecule has 1 atom stereocenters. The number of esters is 1. The maximum absolute atomic E-state index is 13.6. The van der Waals surface area contributed by atoms with E-state index in [0.717, 1.165) is 0 Å². The van der Waals surface area contributed by atoms with Gasteiger partial charge in [-0.15, -0.1) is 0 Å². The van der Waals surface area contributed by atoms with Crippen molar-refractivity contribution in [2.45, 2.75) is 73.8 Å². The molecule has 0 bridgehead atoms. The molecular formula is C15H10F18O2. The van der Waals surface area contributed by atoms with E-state index in [4.69, 9.17) is 0 Å². The first kappa shape index (κ1) is 32.9. The topological polar surface area (TPSA) is 26.3 Å². The Bertz CT molecular complexity index is 796. The predicted octanol–water partition coefficient (Wildman–Crippen LogP) is 7.19. The summed E-state index contributed by atoms with van der Waals surface area (Å²) < 4.78 is 240. The molecule has 0 aromatic rings. The summed E-state index contributed by atoms with van der Waals surface area (Å²) in [6.45, 7) is 2.88. The van der Waals surface area contributed by atoms with Gasteiger partial charge in [0.15, 0.2) is 6.17 Å². The van der Waals surface area contributed by atoms with Crippen LogP contribution in [0, 0.1) is 0 Å². The number of carbonyl (C=O) groups excluding carboxylic acids is 1. The van der Waals surface area contributed by atoms with Crippen LogP contribution < -0.4 is 0 Å². The van der Waals surface area contributed by atoms with Crippen molar-refractivity contribution in [2.75, 3.05) is 0 Å². The molecule has 20 heteroatoms. The third-order valence-electron chi connectivity index (χ3n) is 4.01. The smallest absolute Gasteiger partial charge is 0.393 e. The number of halogens is 18. The van der Waals surface area contributed by atoms with Gasteiger partial charge in [0.05, 0.1) is 0 Å². The molecule has 0 aromatic heterocycles. The van der Waals surface area contributed by atoms with Gasteiger partial charge in [-0.05, 0) is 13.3 Å². The summed E-state index contributed by atoms with van der Waals surface area (Å²) in [5, 5.41) is 0. The van der Waals surface area contributed by atoms with E-state index >= 15 is 0 Å². The highest BCUT2D eigenvalue weighted by molar-refractivity contribution is 5.87. The molecule has 0 saturated carbocycles. The SMILES string of the molecule is C=C(C)C(=O)OC(F)(F)C(F)(F)C(F)(F)C(F)(F)C(F)(F)C(F)(F)C(F)(F)C(F)CCC(F)(F)F. The lowest BCUT2D eigenvalue weighted by Gasteiger charge is -2.42. The minimum atomic E-state index is -8.61. The van der Waals surface area contributed by atoms with E-state index in [9.17, 15) is 83.8 Å². The average Bonchev–Trinajstić information content (AvgIpc) is 2.63. The van der Waals surface area contributed by atoms with Crippen molar-refractivity contribution in [1.29, 1.82) is 0 Å². The maximum Gasteiger partial charge on any atom is 0.473 e. The van der Waals surface area contributed by atoms with Crippen LogP contribution in [0.4, 0.5) is 79.0 Å². The van der Waals surface area contributed by atoms with Gasteiger partial charge in [0, 0.05) is 12.0 Å². The van der Waals surface area contributed by atoms with Crippen LogP contribution in [0.2, 0.25) is 0 Å². The van der Waals surface area contributed by atoms with Crippen LogP contribution in [0.1, 0.15) is 19.8 Å². The summed E-state index contributed by atoms with van der Waals surface area (Å²) in [4.78, 5) is 10.8. The van der Waals surface area contributed by atoms with Crippen molar-refractivity contribution < 1.29 is 88.6 Å². The van der Waals surface area contributed by atoms with Gasteiger partial charge in [-0.2, -0.15) is 74.6 Å². The highest BCUT2D eigenvalue weighted by atomic mass is 19.4. The van der Waals surface area contributed by atoms with E-state index in [0.29, 0.717) is 6.92 Å². The average molecular weight is 564 g/mol. The van der Waals surface area contributed by atoms with Gasteiger partial charge in [-0.25, -0.2) is 9.18 Å². The van der Waals surface area contributed by atoms with Crippen LogP contribution in [0.3, 0.4) is 0 Å². The van der Waals surface area contributed by atoms with Crippen LogP contribution in [-0.4, -0.2) is 60.0 Å². The Morgan fingerprint density at radius 2 is 1.03 bits per heavy atom. The first-order valence-electron chi connectivity index (χ1n) is 8.20. The first-order chi connectivity index (χ1) is 15.0. The van der Waals surface area contributed by atoms with Gasteiger partial charge >= 0.3 is 53.8 Å². The molecular weight excluding hydrogens is 554 g/mol. The summed E-state index contributed by atoms with van der Waals surface area (Å²) in [5.41, 5.74) is -1.29. The normalized spacial score (nSPS) is 16.2. The molecule has 0 rings (SSSR count). The Morgan fingerprint density at radius 1 is 0.686 bits per heavy atom. The molecule has 1 unspecified atom stereocenters. The maximum atomic E-state index is 13.6. The van der Waals surface area contributed by atoms with Crippen LogP contribution >= 0.6 is 0 Å². The fourth-order valence-electron chi connectivity index (χ4n) is 1.92. The third kappa shape index (κ3) is 5.39. The fraction of sp³-hybridized carbons (Fsp3) is 0.800. The summed E-state index contributed by atoms with van der Waals surface area (Å²) in [7, 11) is 0. The van der Waals surface area contributed by atoms with Crippen LogP contribution in [0.25, 0.3) is 0 Å². The van der Waals surface area contributed by atoms with E-state index in [1.165, 1.54) is 0 Å². The van der Waals surface area contributed by atoms with Crippen LogP contribution in [0.15, 0.2) is 12.2 Å². The summed E-state index contributed by atoms with van der Waals surface area (Å²) in [5.74, 6) is -51.9. The predicted molar refractivity (Wildman–Crippen MR) is 75.7 cm³/mol. The highest BCUT2D eigenvalue weighted by Gasteiger charge is 2.94. The number of hydrogen-bond acceptors (Lipinski definition) is 2. The Kier molecular flexibility index (Phi) is 8.58. The molecule has 0 N–H and O–H groups in total. The zero-order valence-corrected chi connectivity index (χ0v) is 16.3. The molecule has 2 nitrogen and oxygen atoms in total. The Balaban J connectivity index is 6.53. The first-order valence-corrected chi connectivity index (χ1v) is 8.20. The van der Waals surface area contributed by atoms with E-state index in [-0.39, 0.29) is 0 Å². The summed E-state index contributed by atoms with van der Waals surface area (Å²) >= 11 is 0. The molecule has 0 aliphatic rings. The van der Waals surface area contributed by atoms with Gasteiger partial charge in [-0.3, -0.25) is 0 Å². The van der Waals surface area contributed by atoms with Gasteiger partial charge in [0.25, 0.3) is 0 Å². The summed E-state index contributed by atoms with van der Waals surface area (Å²) in [6, 6.07) is 0. The minimum absolute atomic E-state index is 0.395. The van der Waals surface area contributed by atoms with Gasteiger partial charge in [0.2, 0.25) is 0 Å². The monoisotopic (exact) mass is 564 g/mol. The van der Waals surface area contributed by atoms with E-state index < -0.39 is 78.4 Å². The number of ether oxygens (including phenoxy) is 1. The second kappa shape index (κ2) is 9.11. The minimum Gasteiger partial charge on any atom is -0.393 e. The van der Waals surface area contributed by atoms with Crippen LogP contribution in [-0.2, 0) is 9.53 Å². The molecule has 0 fully saturated rings. The van der Waals surface area contributed by atoms with Crippen LogP contribution in [0.5, 0.6) is 0 Å². The largest absolute Gasteiger partial charge is 0.473 e. The van der Waals surface area contributed by atoms with Crippen molar-refractivity contribution in [3.05, 3.63) is 12.2 Å². The third-order valence-corrected chi connectivity index (χ3v) is 4.01. The molecule has 0 amide bonds. The lowest BCUT2D eigenvalue weighted by Crippen LogP contribution is -2.74. The lowest BCUT2D eigenvalue weighted by atomic mass is 9.88. The Morgan fingerprint density at radius 3 is 1.37 bits per heavy atom. The van der Waals surface area contributed by atoms with E-state index in [1.807, 2.05) is 0 Å². The van der Waals surface area contributed by atoms with Crippen molar-refractivity contribution in [2.24, 2.45) is 0 Å². The zero-order valence-electron chi connectivity index (χ0n) is 16.3. The number of hydrogen-bond donors (Lipinski definition) is 0. The van der Waals surface area contributed by atoms with Gasteiger partial charge < -0.3 is 4.74 Å². The second-order valence-electron chi connectivity index (χ2n) is 6.80. The fourth-order valence-corrected chi connectivity index (χ4v) is 1.92. The van der Waals surface area contributed by atoms with E-state index in [2.05, 4.69) is 11.3 Å². The molecule has 0 spiro atoms. The lowest BCUT2D eigenvalue weighted by molar-refractivity contribution is -0.462. The highest BCUT2D eigenvalue weighted by Crippen LogP contribution is 2.63. The van der Waals surface area contributed by atoms with E-state index in [1.54, 1.807) is 0 Å². The Labute approximate surface area is 181 Å². The number of rotatable bonds is 11. The van der Waals surface area contributed by atoms with Crippen molar-refractivity contribution >= 4 is 5.97 Å². The standard InChI is InChI=1S/C15H10F18O2/c1-5(2)7(34)35-15(32,33)14(30,31)13(28,29)12(26,27)11(24,25)10(22,23)9(20,21)6(16)3-4-8(17,18)19/h6H,1,3-4H2,2H3. The van der Waals surface area contributed by atoms with Crippen molar-refractivity contribution in [1.82, 2.24) is 0 Å². The summed E-state index contributed by atoms with van der Waals surface area (Å²) in [6.07, 6.45) is -23.5. The molecule has 0 aliphatic carbocycles. The molecule has 0 heterocycles. The molecule has 208 valence electrons. The molecule has 0 radical (unpaired) electrons. The quantitative estimate of drug-likeness (QED) is 0.151. The molecule has 0 saturated heterocycles.